The zero-order valence-corrected chi connectivity index (χ0v) is 18.5. The first-order chi connectivity index (χ1) is 15.5. The molecule has 0 fully saturated rings. The Morgan fingerprint density at radius 1 is 1.12 bits per heavy atom. The van der Waals surface area contributed by atoms with Gasteiger partial charge < -0.3 is 9.84 Å². The number of esters is 1. The molecule has 0 amide bonds. The number of hydrogen-bond acceptors (Lipinski definition) is 5. The molecule has 2 N–H and O–H groups in total. The molecule has 5 nitrogen and oxygen atoms in total. The van der Waals surface area contributed by atoms with Gasteiger partial charge in [0.15, 0.2) is 6.10 Å². The number of benzene rings is 1. The average Bonchev–Trinajstić information content (AvgIpc) is 2.69. The second-order valence-corrected chi connectivity index (χ2v) is 8.08. The summed E-state index contributed by atoms with van der Waals surface area (Å²) >= 11 is 5.81. The molecule has 0 spiro atoms. The van der Waals surface area contributed by atoms with Crippen molar-refractivity contribution in [3.8, 4) is 0 Å². The molecular weight excluding hydrogens is 497 g/mol. The maximum absolute atomic E-state index is 14.3. The summed E-state index contributed by atoms with van der Waals surface area (Å²) in [6, 6.07) is 3.69. The van der Waals surface area contributed by atoms with Crippen LogP contribution in [0.1, 0.15) is 37.1 Å². The quantitative estimate of drug-likeness (QED) is 0.382. The van der Waals surface area contributed by atoms with Crippen LogP contribution >= 0.6 is 11.6 Å². The maximum atomic E-state index is 14.3. The van der Waals surface area contributed by atoms with Gasteiger partial charge in [0.05, 0.1) is 34.3 Å². The van der Waals surface area contributed by atoms with Crippen LogP contribution in [0.3, 0.4) is 0 Å². The van der Waals surface area contributed by atoms with Crippen molar-refractivity contribution >= 4 is 17.6 Å². The molecule has 188 valence electrons. The van der Waals surface area contributed by atoms with Gasteiger partial charge in [-0.15, -0.1) is 0 Å². The van der Waals surface area contributed by atoms with Crippen molar-refractivity contribution in [2.45, 2.75) is 50.4 Å². The van der Waals surface area contributed by atoms with Crippen molar-refractivity contribution in [2.75, 3.05) is 6.54 Å². The van der Waals surface area contributed by atoms with E-state index in [-0.39, 0.29) is 16.8 Å². The van der Waals surface area contributed by atoms with E-state index in [1.165, 1.54) is 19.9 Å². The Balaban J connectivity index is 2.77. The Kier molecular flexibility index (Phi) is 8.54. The van der Waals surface area contributed by atoms with Gasteiger partial charge in [0.1, 0.15) is 5.82 Å². The first-order valence-electron chi connectivity index (χ1n) is 9.74. The molecule has 1 heterocycles. The number of aliphatic hydroxyl groups is 1. The van der Waals surface area contributed by atoms with Gasteiger partial charge in [0.25, 0.3) is 0 Å². The highest BCUT2D eigenvalue weighted by Gasteiger charge is 2.44. The second-order valence-electron chi connectivity index (χ2n) is 7.65. The van der Waals surface area contributed by atoms with Gasteiger partial charge in [-0.2, -0.15) is 26.3 Å². The number of rotatable bonds is 8. The molecule has 13 heteroatoms. The fraction of sp³-hybridized carbons (Fsp3) is 0.429. The monoisotopic (exact) mass is 516 g/mol. The first kappa shape index (κ1) is 27.8. The van der Waals surface area contributed by atoms with Crippen molar-refractivity contribution in [2.24, 2.45) is 0 Å². The molecule has 2 rings (SSSR count). The van der Waals surface area contributed by atoms with Crippen LogP contribution in [0.15, 0.2) is 36.5 Å². The summed E-state index contributed by atoms with van der Waals surface area (Å²) in [6.45, 7) is 1.69. The van der Waals surface area contributed by atoms with Crippen LogP contribution in [0, 0.1) is 5.82 Å². The molecule has 0 aliphatic rings. The largest absolute Gasteiger partial charge is 0.463 e. The van der Waals surface area contributed by atoms with E-state index < -0.39 is 66.0 Å². The summed E-state index contributed by atoms with van der Waals surface area (Å²) in [5, 5.41) is 11.9. The number of aromatic nitrogens is 1. The lowest BCUT2D eigenvalue weighted by Crippen LogP contribution is -2.51. The number of carbonyl (C=O) groups is 1. The van der Waals surface area contributed by atoms with E-state index in [0.29, 0.717) is 12.1 Å². The highest BCUT2D eigenvalue weighted by Crippen LogP contribution is 2.38. The fourth-order valence-electron chi connectivity index (χ4n) is 3.13. The molecule has 0 bridgehead atoms. The van der Waals surface area contributed by atoms with Gasteiger partial charge in [0.2, 0.25) is 0 Å². The van der Waals surface area contributed by atoms with Crippen molar-refractivity contribution in [3.05, 3.63) is 64.2 Å². The van der Waals surface area contributed by atoms with Gasteiger partial charge in [-0.25, -0.2) is 4.39 Å². The molecule has 1 aromatic heterocycles. The van der Waals surface area contributed by atoms with E-state index in [1.807, 2.05) is 0 Å². The van der Waals surface area contributed by atoms with Gasteiger partial charge in [-0.1, -0.05) is 11.6 Å². The van der Waals surface area contributed by atoms with E-state index in [4.69, 9.17) is 16.3 Å². The normalized spacial score (nSPS) is 15.2. The second kappa shape index (κ2) is 10.4. The van der Waals surface area contributed by atoms with Crippen molar-refractivity contribution in [3.63, 3.8) is 0 Å². The third-order valence-electron chi connectivity index (χ3n) is 4.63. The summed E-state index contributed by atoms with van der Waals surface area (Å²) in [7, 11) is 0. The zero-order chi connectivity index (χ0) is 25.9. The standard InChI is InChI=1S/C21H20ClF7N2O3/c1-11(2)34-18(33)8-19(16-4-3-14(22)9-30-16,31-10-17(32)21(27,28)29)12-5-13(20(24,25)26)7-15(23)6-12/h3-7,9,11,17,31-32H,8,10H2,1-2H3/t17?,19-/m0/s1. The topological polar surface area (TPSA) is 71.5 Å². The molecule has 0 aliphatic carbocycles. The van der Waals surface area contributed by atoms with Crippen molar-refractivity contribution in [1.29, 1.82) is 0 Å². The molecule has 0 radical (unpaired) electrons. The number of carbonyl (C=O) groups excluding carboxylic acids is 1. The highest BCUT2D eigenvalue weighted by molar-refractivity contribution is 6.30. The number of hydrogen-bond donors (Lipinski definition) is 2. The van der Waals surface area contributed by atoms with Gasteiger partial charge in [-0.3, -0.25) is 15.1 Å². The van der Waals surface area contributed by atoms with Gasteiger partial charge in [-0.05, 0) is 49.7 Å². The van der Waals surface area contributed by atoms with Crippen LogP contribution in [0.5, 0.6) is 0 Å². The Morgan fingerprint density at radius 3 is 2.24 bits per heavy atom. The summed E-state index contributed by atoms with van der Waals surface area (Å²) in [6.07, 6.45) is -13.6. The minimum atomic E-state index is -5.09. The van der Waals surface area contributed by atoms with Crippen LogP contribution in [0.4, 0.5) is 30.7 Å². The average molecular weight is 517 g/mol. The Bertz CT molecular complexity index is 997. The van der Waals surface area contributed by atoms with Gasteiger partial charge >= 0.3 is 18.3 Å². The number of alkyl halides is 6. The summed E-state index contributed by atoms with van der Waals surface area (Å²) in [5.41, 5.74) is -4.53. The molecule has 34 heavy (non-hydrogen) atoms. The molecule has 2 atom stereocenters. The maximum Gasteiger partial charge on any atom is 0.416 e. The van der Waals surface area contributed by atoms with E-state index in [2.05, 4.69) is 10.3 Å². The summed E-state index contributed by atoms with van der Waals surface area (Å²) in [4.78, 5) is 16.5. The molecule has 0 saturated heterocycles. The Morgan fingerprint density at radius 2 is 1.74 bits per heavy atom. The lowest BCUT2D eigenvalue weighted by Gasteiger charge is -2.36. The SMILES string of the molecule is CC(C)OC(=O)C[C@](NCC(O)C(F)(F)F)(c1cc(F)cc(C(F)(F)F)c1)c1ccc(Cl)cn1. The molecule has 2 aromatic rings. The number of ether oxygens (including phenoxy) is 1. The zero-order valence-electron chi connectivity index (χ0n) is 17.8. The van der Waals surface area contributed by atoms with Crippen molar-refractivity contribution in [1.82, 2.24) is 10.3 Å². The Hall–Kier alpha value is -2.44. The van der Waals surface area contributed by atoms with Gasteiger partial charge in [0, 0.05) is 12.7 Å². The van der Waals surface area contributed by atoms with Crippen LogP contribution in [-0.2, 0) is 21.2 Å². The third kappa shape index (κ3) is 7.03. The van der Waals surface area contributed by atoms with Crippen LogP contribution < -0.4 is 5.32 Å². The lowest BCUT2D eigenvalue weighted by atomic mass is 9.81. The number of pyridine rings is 1. The predicted molar refractivity (Wildman–Crippen MR) is 107 cm³/mol. The molecular formula is C21H20ClF7N2O3. The van der Waals surface area contributed by atoms with Crippen LogP contribution in [-0.4, -0.2) is 41.0 Å². The number of nitrogens with one attached hydrogen (secondary N) is 1. The van der Waals surface area contributed by atoms with Crippen molar-refractivity contribution < 1.29 is 45.4 Å². The predicted octanol–water partition coefficient (Wildman–Crippen LogP) is 4.99. The Labute approximate surface area is 194 Å². The smallest absolute Gasteiger partial charge is 0.416 e. The minimum absolute atomic E-state index is 0.0768. The summed E-state index contributed by atoms with van der Waals surface area (Å²) < 4.78 is 98.5. The number of nitrogens with zero attached hydrogens (tertiary/aromatic N) is 1. The minimum Gasteiger partial charge on any atom is -0.463 e. The molecule has 1 unspecified atom stereocenters. The van der Waals surface area contributed by atoms with E-state index in [0.717, 1.165) is 12.3 Å². The third-order valence-corrected chi connectivity index (χ3v) is 4.86. The van der Waals surface area contributed by atoms with E-state index in [9.17, 15) is 40.6 Å². The number of aliphatic hydroxyl groups excluding tert-OH is 1. The first-order valence-corrected chi connectivity index (χ1v) is 10.1. The number of halogens is 8. The van der Waals surface area contributed by atoms with Crippen LogP contribution in [0.2, 0.25) is 5.02 Å². The van der Waals surface area contributed by atoms with E-state index >= 15 is 0 Å². The summed E-state index contributed by atoms with van der Waals surface area (Å²) in [5.74, 6) is -2.39. The molecule has 0 aliphatic heterocycles. The highest BCUT2D eigenvalue weighted by atomic mass is 35.5. The fourth-order valence-corrected chi connectivity index (χ4v) is 3.24. The molecule has 1 aromatic carbocycles. The van der Waals surface area contributed by atoms with Crippen LogP contribution in [0.25, 0.3) is 0 Å². The molecule has 0 saturated carbocycles. The lowest BCUT2D eigenvalue weighted by molar-refractivity contribution is -0.202. The van der Waals surface area contributed by atoms with E-state index in [1.54, 1.807) is 0 Å².